The molecule has 4 nitrogen and oxygen atoms in total. The molecule has 2 amide bonds. The van der Waals surface area contributed by atoms with Crippen LogP contribution in [0.4, 0.5) is 32.0 Å². The first kappa shape index (κ1) is 23.0. The van der Waals surface area contributed by atoms with E-state index in [1.807, 2.05) is 0 Å². The second-order valence-electron chi connectivity index (χ2n) is 7.13. The van der Waals surface area contributed by atoms with Crippen LogP contribution in [0.15, 0.2) is 12.1 Å². The monoisotopic (exact) mass is 424 g/mol. The number of benzene rings is 1. The van der Waals surface area contributed by atoms with Gasteiger partial charge in [-0.05, 0) is 37.8 Å². The largest absolute Gasteiger partial charge is 0.391 e. The highest BCUT2D eigenvalue weighted by Crippen LogP contribution is 2.40. The number of carbonyl (C=O) groups excluding carboxylic acids is 2. The van der Waals surface area contributed by atoms with Gasteiger partial charge in [-0.3, -0.25) is 9.59 Å². The van der Waals surface area contributed by atoms with E-state index < -0.39 is 59.5 Å². The molecule has 0 spiro atoms. The van der Waals surface area contributed by atoms with Gasteiger partial charge in [0, 0.05) is 12.5 Å². The summed E-state index contributed by atoms with van der Waals surface area (Å²) in [6, 6.07) is 1.48. The van der Waals surface area contributed by atoms with Crippen LogP contribution in [0, 0.1) is 29.3 Å². The minimum Gasteiger partial charge on any atom is -0.333 e. The van der Waals surface area contributed by atoms with Gasteiger partial charge in [-0.25, -0.2) is 13.2 Å². The van der Waals surface area contributed by atoms with Crippen molar-refractivity contribution in [2.24, 2.45) is 11.8 Å². The first-order chi connectivity index (χ1) is 13.5. The first-order valence-corrected chi connectivity index (χ1v) is 9.33. The van der Waals surface area contributed by atoms with E-state index >= 15 is 0 Å². The zero-order valence-corrected chi connectivity index (χ0v) is 15.8. The van der Waals surface area contributed by atoms with Crippen LogP contribution in [-0.2, 0) is 9.59 Å². The Kier molecular flexibility index (Phi) is 7.54. The van der Waals surface area contributed by atoms with Gasteiger partial charge < -0.3 is 10.2 Å². The number of alkyl halides is 3. The molecule has 0 radical (unpaired) electrons. The Bertz CT molecular complexity index is 753. The molecule has 1 aliphatic rings. The van der Waals surface area contributed by atoms with Crippen LogP contribution in [0.2, 0.25) is 0 Å². The summed E-state index contributed by atoms with van der Waals surface area (Å²) in [6.07, 6.45) is -3.74. The zero-order valence-electron chi connectivity index (χ0n) is 15.8. The van der Waals surface area contributed by atoms with Gasteiger partial charge in [-0.15, -0.1) is 0 Å². The Labute approximate surface area is 164 Å². The molecule has 2 rings (SSSR count). The maximum atomic E-state index is 13.7. The summed E-state index contributed by atoms with van der Waals surface area (Å²) >= 11 is 0. The van der Waals surface area contributed by atoms with E-state index in [-0.39, 0.29) is 25.8 Å². The van der Waals surface area contributed by atoms with Crippen molar-refractivity contribution in [1.29, 1.82) is 0 Å². The molecule has 0 saturated heterocycles. The lowest BCUT2D eigenvalue weighted by molar-refractivity contribution is -0.187. The van der Waals surface area contributed by atoms with Crippen LogP contribution in [0.25, 0.3) is 0 Å². The van der Waals surface area contributed by atoms with Gasteiger partial charge >= 0.3 is 6.18 Å². The summed E-state index contributed by atoms with van der Waals surface area (Å²) in [4.78, 5) is 26.0. The topological polar surface area (TPSA) is 49.4 Å². The summed E-state index contributed by atoms with van der Waals surface area (Å²) in [5, 5.41) is 2.06. The molecule has 1 fully saturated rings. The standard InChI is InChI=1S/C19H22F6N2O2/c1-2-8-27(18(29)11-4-3-5-12(9-11)19(23,24)25)10-15(28)26-14-7-6-13(20)16(21)17(14)22/h6-7,11-12H,2-5,8-10H2,1H3,(H,26,28)/t11-,12-/m0/s1. The molecule has 162 valence electrons. The van der Waals surface area contributed by atoms with Crippen LogP contribution in [0.5, 0.6) is 0 Å². The summed E-state index contributed by atoms with van der Waals surface area (Å²) in [7, 11) is 0. The van der Waals surface area contributed by atoms with Crippen molar-refractivity contribution in [3.05, 3.63) is 29.6 Å². The number of carbonyl (C=O) groups is 2. The van der Waals surface area contributed by atoms with E-state index in [1.54, 1.807) is 6.92 Å². The minimum absolute atomic E-state index is 0.0308. The lowest BCUT2D eigenvalue weighted by Gasteiger charge is -2.33. The quantitative estimate of drug-likeness (QED) is 0.534. The SMILES string of the molecule is CCCN(CC(=O)Nc1ccc(F)c(F)c1F)C(=O)[C@H]1CCC[C@H](C(F)(F)F)C1. The van der Waals surface area contributed by atoms with Gasteiger partial charge in [0.15, 0.2) is 17.5 Å². The molecule has 1 aliphatic carbocycles. The number of rotatable bonds is 6. The highest BCUT2D eigenvalue weighted by molar-refractivity contribution is 5.95. The van der Waals surface area contributed by atoms with Crippen molar-refractivity contribution in [3.8, 4) is 0 Å². The predicted molar refractivity (Wildman–Crippen MR) is 93.3 cm³/mol. The van der Waals surface area contributed by atoms with E-state index in [2.05, 4.69) is 5.32 Å². The van der Waals surface area contributed by atoms with Gasteiger partial charge in [0.1, 0.15) is 0 Å². The molecule has 1 saturated carbocycles. The molecule has 0 aliphatic heterocycles. The second kappa shape index (κ2) is 9.49. The maximum Gasteiger partial charge on any atom is 0.391 e. The fourth-order valence-electron chi connectivity index (χ4n) is 3.49. The third kappa shape index (κ3) is 5.86. The maximum absolute atomic E-state index is 13.7. The normalized spacial score (nSPS) is 19.7. The van der Waals surface area contributed by atoms with Crippen molar-refractivity contribution in [3.63, 3.8) is 0 Å². The lowest BCUT2D eigenvalue weighted by Crippen LogP contribution is -2.44. The Hall–Kier alpha value is -2.26. The van der Waals surface area contributed by atoms with Crippen molar-refractivity contribution >= 4 is 17.5 Å². The molecule has 0 heterocycles. The molecular weight excluding hydrogens is 402 g/mol. The first-order valence-electron chi connectivity index (χ1n) is 9.33. The molecule has 10 heteroatoms. The van der Waals surface area contributed by atoms with Crippen molar-refractivity contribution in [1.82, 2.24) is 4.90 Å². The van der Waals surface area contributed by atoms with Crippen molar-refractivity contribution < 1.29 is 35.9 Å². The number of halogens is 6. The predicted octanol–water partition coefficient (Wildman–Crippen LogP) is 4.65. The van der Waals surface area contributed by atoms with E-state index in [4.69, 9.17) is 0 Å². The number of anilines is 1. The summed E-state index contributed by atoms with van der Waals surface area (Å²) in [5.41, 5.74) is -0.590. The molecule has 1 N–H and O–H groups in total. The van der Waals surface area contributed by atoms with Crippen LogP contribution in [-0.4, -0.2) is 36.0 Å². The molecule has 29 heavy (non-hydrogen) atoms. The summed E-state index contributed by atoms with van der Waals surface area (Å²) in [5.74, 6) is -8.58. The molecule has 1 aromatic carbocycles. The van der Waals surface area contributed by atoms with E-state index in [9.17, 15) is 35.9 Å². The van der Waals surface area contributed by atoms with Gasteiger partial charge in [0.05, 0.1) is 18.2 Å². The van der Waals surface area contributed by atoms with Crippen LogP contribution in [0.3, 0.4) is 0 Å². The fraction of sp³-hybridized carbons (Fsp3) is 0.579. The zero-order chi connectivity index (χ0) is 21.8. The van der Waals surface area contributed by atoms with E-state index in [0.717, 1.165) is 11.0 Å². The third-order valence-corrected chi connectivity index (χ3v) is 4.94. The number of nitrogens with zero attached hydrogens (tertiary/aromatic N) is 1. The van der Waals surface area contributed by atoms with E-state index in [0.29, 0.717) is 18.9 Å². The molecule has 0 aromatic heterocycles. The smallest absolute Gasteiger partial charge is 0.333 e. The van der Waals surface area contributed by atoms with Gasteiger partial charge in [-0.1, -0.05) is 13.3 Å². The molecule has 0 unspecified atom stereocenters. The van der Waals surface area contributed by atoms with Crippen LogP contribution in [0.1, 0.15) is 39.0 Å². The van der Waals surface area contributed by atoms with Gasteiger partial charge in [-0.2, -0.15) is 13.2 Å². The number of nitrogens with one attached hydrogen (secondary N) is 1. The van der Waals surface area contributed by atoms with Crippen LogP contribution >= 0.6 is 0 Å². The van der Waals surface area contributed by atoms with Crippen molar-refractivity contribution in [2.75, 3.05) is 18.4 Å². The molecule has 0 bridgehead atoms. The average Bonchev–Trinajstić information content (AvgIpc) is 2.67. The lowest BCUT2D eigenvalue weighted by atomic mass is 9.80. The third-order valence-electron chi connectivity index (χ3n) is 4.94. The number of amides is 2. The van der Waals surface area contributed by atoms with Crippen molar-refractivity contribution in [2.45, 2.75) is 45.2 Å². The van der Waals surface area contributed by atoms with Gasteiger partial charge in [0.25, 0.3) is 0 Å². The summed E-state index contributed by atoms with van der Waals surface area (Å²) < 4.78 is 78.9. The number of hydrogen-bond donors (Lipinski definition) is 1. The second-order valence-corrected chi connectivity index (χ2v) is 7.13. The Balaban J connectivity index is 2.06. The fourth-order valence-corrected chi connectivity index (χ4v) is 3.49. The number of hydrogen-bond acceptors (Lipinski definition) is 2. The summed E-state index contributed by atoms with van der Waals surface area (Å²) in [6.45, 7) is 1.32. The Morgan fingerprint density at radius 3 is 2.45 bits per heavy atom. The highest BCUT2D eigenvalue weighted by atomic mass is 19.4. The van der Waals surface area contributed by atoms with E-state index in [1.165, 1.54) is 0 Å². The molecular formula is C19H22F6N2O2. The highest BCUT2D eigenvalue weighted by Gasteiger charge is 2.44. The minimum atomic E-state index is -4.38. The van der Waals surface area contributed by atoms with Crippen LogP contribution < -0.4 is 5.32 Å². The molecule has 2 atom stereocenters. The Morgan fingerprint density at radius 2 is 1.83 bits per heavy atom. The van der Waals surface area contributed by atoms with Gasteiger partial charge in [0.2, 0.25) is 11.8 Å². The Morgan fingerprint density at radius 1 is 1.14 bits per heavy atom. The molecule has 1 aromatic rings. The average molecular weight is 424 g/mol.